The Labute approximate surface area is 272 Å². The topological polar surface area (TPSA) is 123 Å². The van der Waals surface area contributed by atoms with Crippen LogP contribution in [0.25, 0.3) is 0 Å². The number of piperidine rings is 1. The van der Waals surface area contributed by atoms with Crippen LogP contribution in [-0.4, -0.2) is 118 Å². The number of hydrogen-bond acceptors (Lipinski definition) is 8. The monoisotopic (exact) mass is 682 g/mol. The maximum absolute atomic E-state index is 13.4. The van der Waals surface area contributed by atoms with Gasteiger partial charge in [-0.3, -0.25) is 24.6 Å². The third-order valence-electron chi connectivity index (χ3n) is 10.0. The maximum Gasteiger partial charge on any atom is 0.324 e. The molecule has 2 unspecified atom stereocenters. The molecular formula is C32H43BrN8O4. The lowest BCUT2D eigenvalue weighted by Crippen LogP contribution is -2.56. The summed E-state index contributed by atoms with van der Waals surface area (Å²) in [5, 5.41) is 10.1. The lowest BCUT2D eigenvalue weighted by atomic mass is 9.87. The van der Waals surface area contributed by atoms with E-state index in [0.717, 1.165) is 63.8 Å². The molecule has 2 N–H and O–H groups in total. The number of piperazine rings is 1. The molecule has 12 nitrogen and oxygen atoms in total. The van der Waals surface area contributed by atoms with Crippen LogP contribution in [-0.2, 0) is 11.8 Å². The van der Waals surface area contributed by atoms with Crippen LogP contribution >= 0.6 is 15.9 Å². The summed E-state index contributed by atoms with van der Waals surface area (Å²) in [5.41, 5.74) is 2.46. The molecule has 3 aliphatic heterocycles. The number of hydrogen-bond donors (Lipinski definition) is 2. The molecule has 45 heavy (non-hydrogen) atoms. The van der Waals surface area contributed by atoms with Crippen LogP contribution in [0.5, 0.6) is 0 Å². The third kappa shape index (κ3) is 7.10. The van der Waals surface area contributed by atoms with Crippen LogP contribution in [0.4, 0.5) is 10.5 Å². The summed E-state index contributed by atoms with van der Waals surface area (Å²) in [6, 6.07) is 8.71. The zero-order valence-electron chi connectivity index (χ0n) is 26.1. The van der Waals surface area contributed by atoms with Crippen molar-refractivity contribution in [2.75, 3.05) is 58.2 Å². The van der Waals surface area contributed by atoms with Gasteiger partial charge in [-0.05, 0) is 78.7 Å². The molecule has 13 heteroatoms. The van der Waals surface area contributed by atoms with E-state index < -0.39 is 0 Å². The van der Waals surface area contributed by atoms with E-state index >= 15 is 0 Å². The molecule has 4 aliphatic rings. The number of aryl methyl sites for hydroxylation is 1. The lowest BCUT2D eigenvalue weighted by Gasteiger charge is -2.44. The molecule has 242 valence electrons. The fourth-order valence-electron chi connectivity index (χ4n) is 7.53. The van der Waals surface area contributed by atoms with Gasteiger partial charge in [-0.2, -0.15) is 5.10 Å². The number of imide groups is 1. The number of halogens is 1. The average Bonchev–Trinajstić information content (AvgIpc) is 3.05. The summed E-state index contributed by atoms with van der Waals surface area (Å²) < 4.78 is 1.80. The Kier molecular flexibility index (Phi) is 9.57. The van der Waals surface area contributed by atoms with Crippen molar-refractivity contribution in [3.63, 3.8) is 0 Å². The highest BCUT2D eigenvalue weighted by atomic mass is 79.9. The Bertz CT molecular complexity index is 1470. The number of amides is 4. The minimum atomic E-state index is -0.245. The molecule has 0 bridgehead atoms. The number of aromatic nitrogens is 2. The summed E-state index contributed by atoms with van der Waals surface area (Å²) in [7, 11) is 3.74. The molecule has 2 atom stereocenters. The Morgan fingerprint density at radius 3 is 2.31 bits per heavy atom. The van der Waals surface area contributed by atoms with Gasteiger partial charge in [0, 0.05) is 83.0 Å². The Balaban J connectivity index is 0.989. The first-order valence-corrected chi connectivity index (χ1v) is 16.9. The molecule has 3 saturated heterocycles. The van der Waals surface area contributed by atoms with Crippen molar-refractivity contribution >= 4 is 39.5 Å². The minimum Gasteiger partial charge on any atom is -0.379 e. The zero-order chi connectivity index (χ0) is 31.7. The van der Waals surface area contributed by atoms with Crippen molar-refractivity contribution in [2.45, 2.75) is 62.6 Å². The first-order chi connectivity index (χ1) is 21.7. The van der Waals surface area contributed by atoms with Crippen molar-refractivity contribution in [3.8, 4) is 0 Å². The molecular weight excluding hydrogens is 640 g/mol. The van der Waals surface area contributed by atoms with E-state index in [1.807, 2.05) is 21.9 Å². The second-order valence-electron chi connectivity index (χ2n) is 13.0. The largest absolute Gasteiger partial charge is 0.379 e. The van der Waals surface area contributed by atoms with E-state index in [-0.39, 0.29) is 35.5 Å². The Morgan fingerprint density at radius 2 is 1.62 bits per heavy atom. The number of carbonyl (C=O) groups excluding carboxylic acids is 3. The molecule has 2 aromatic rings. The summed E-state index contributed by atoms with van der Waals surface area (Å²) >= 11 is 3.42. The molecule has 0 spiro atoms. The van der Waals surface area contributed by atoms with Gasteiger partial charge in [-0.25, -0.2) is 9.48 Å². The van der Waals surface area contributed by atoms with Gasteiger partial charge >= 0.3 is 6.03 Å². The number of urea groups is 1. The smallest absolute Gasteiger partial charge is 0.324 e. The number of nitrogens with zero attached hydrogens (tertiary/aromatic N) is 6. The molecule has 0 radical (unpaired) electrons. The summed E-state index contributed by atoms with van der Waals surface area (Å²) in [4.78, 5) is 58.1. The third-order valence-corrected chi connectivity index (χ3v) is 10.8. The fraction of sp³-hybridized carbons (Fsp3) is 0.594. The predicted molar refractivity (Wildman–Crippen MR) is 174 cm³/mol. The van der Waals surface area contributed by atoms with E-state index in [4.69, 9.17) is 0 Å². The SMILES string of the molecule is CN1CC(Nc2cnn(C)c(=O)c2Br)CC(c2ccc(C(=O)N3CCN(C4CCC(N5CCC(=O)NC5=O)CC4)CC3)cc2)C1. The molecule has 1 aromatic heterocycles. The Morgan fingerprint density at radius 1 is 0.933 bits per heavy atom. The van der Waals surface area contributed by atoms with Gasteiger partial charge < -0.3 is 20.0 Å². The maximum atomic E-state index is 13.4. The first kappa shape index (κ1) is 31.7. The van der Waals surface area contributed by atoms with Gasteiger partial charge in [0.25, 0.3) is 11.5 Å². The van der Waals surface area contributed by atoms with Crippen LogP contribution in [0, 0.1) is 0 Å². The predicted octanol–water partition coefficient (Wildman–Crippen LogP) is 2.45. The lowest BCUT2D eigenvalue weighted by molar-refractivity contribution is -0.121. The van der Waals surface area contributed by atoms with Crippen molar-refractivity contribution in [3.05, 3.63) is 56.4 Å². The van der Waals surface area contributed by atoms with Gasteiger partial charge in [-0.1, -0.05) is 12.1 Å². The molecule has 1 aromatic carbocycles. The van der Waals surface area contributed by atoms with E-state index in [9.17, 15) is 19.2 Å². The summed E-state index contributed by atoms with van der Waals surface area (Å²) in [6.45, 7) is 5.45. The van der Waals surface area contributed by atoms with Crippen molar-refractivity contribution in [2.24, 2.45) is 7.05 Å². The highest BCUT2D eigenvalue weighted by Gasteiger charge is 2.35. The highest BCUT2D eigenvalue weighted by Crippen LogP contribution is 2.31. The normalized spacial score (nSPS) is 26.9. The summed E-state index contributed by atoms with van der Waals surface area (Å²) in [6.07, 6.45) is 6.94. The standard InChI is InChI=1S/C32H43BrN8O4/c1-37-19-23(17-24(20-37)35-27-18-34-38(2)31(44)29(27)33)21-3-5-22(6-4-21)30(43)40-15-13-39(14-16-40)25-7-9-26(10-8-25)41-12-11-28(42)36-32(41)45/h3-6,18,23-26,35H,7-17,19-20H2,1-2H3,(H,36,42,45). The van der Waals surface area contributed by atoms with Crippen molar-refractivity contribution in [1.82, 2.24) is 34.7 Å². The quantitative estimate of drug-likeness (QED) is 0.477. The van der Waals surface area contributed by atoms with Gasteiger partial charge in [0.05, 0.1) is 11.9 Å². The van der Waals surface area contributed by atoms with Crippen LogP contribution in [0.1, 0.15) is 60.4 Å². The van der Waals surface area contributed by atoms with E-state index in [2.05, 4.69) is 60.6 Å². The van der Waals surface area contributed by atoms with Gasteiger partial charge in [0.2, 0.25) is 5.91 Å². The van der Waals surface area contributed by atoms with Gasteiger partial charge in [0.15, 0.2) is 0 Å². The molecule has 1 aliphatic carbocycles. The summed E-state index contributed by atoms with van der Waals surface area (Å²) in [5.74, 6) is 0.200. The fourth-order valence-corrected chi connectivity index (χ4v) is 8.00. The van der Waals surface area contributed by atoms with Crippen LogP contribution < -0.4 is 16.2 Å². The minimum absolute atomic E-state index is 0.0823. The van der Waals surface area contributed by atoms with Crippen molar-refractivity contribution in [1.29, 1.82) is 0 Å². The number of likely N-dealkylation sites (tertiary alicyclic amines) is 1. The number of anilines is 1. The van der Waals surface area contributed by atoms with E-state index in [1.165, 1.54) is 10.2 Å². The second-order valence-corrected chi connectivity index (χ2v) is 13.8. The highest BCUT2D eigenvalue weighted by molar-refractivity contribution is 9.10. The van der Waals surface area contributed by atoms with Crippen LogP contribution in [0.3, 0.4) is 0 Å². The molecule has 4 heterocycles. The van der Waals surface area contributed by atoms with Crippen LogP contribution in [0.15, 0.2) is 39.7 Å². The van der Waals surface area contributed by atoms with E-state index in [0.29, 0.717) is 48.2 Å². The van der Waals surface area contributed by atoms with Crippen LogP contribution in [0.2, 0.25) is 0 Å². The number of nitrogens with one attached hydrogen (secondary N) is 2. The Hall–Kier alpha value is -3.29. The number of benzene rings is 1. The molecule has 6 rings (SSSR count). The average molecular weight is 684 g/mol. The van der Waals surface area contributed by atoms with Crippen molar-refractivity contribution < 1.29 is 14.4 Å². The number of likely N-dealkylation sites (N-methyl/N-ethyl adjacent to an activating group) is 1. The second kappa shape index (κ2) is 13.6. The van der Waals surface area contributed by atoms with Gasteiger partial charge in [-0.15, -0.1) is 0 Å². The molecule has 1 saturated carbocycles. The van der Waals surface area contributed by atoms with E-state index in [1.54, 1.807) is 13.2 Å². The zero-order valence-corrected chi connectivity index (χ0v) is 27.7. The number of rotatable bonds is 6. The van der Waals surface area contributed by atoms with Gasteiger partial charge in [0.1, 0.15) is 4.47 Å². The first-order valence-electron chi connectivity index (χ1n) is 16.1. The number of carbonyl (C=O) groups is 3. The molecule has 4 fully saturated rings. The molecule has 4 amide bonds.